The van der Waals surface area contributed by atoms with Crippen LogP contribution in [-0.2, 0) is 0 Å². The van der Waals surface area contributed by atoms with Crippen molar-refractivity contribution in [3.8, 4) is 5.88 Å². The highest BCUT2D eigenvalue weighted by Crippen LogP contribution is 2.38. The number of hydrogen-bond acceptors (Lipinski definition) is 2. The molecule has 0 amide bonds. The van der Waals surface area contributed by atoms with Crippen LogP contribution in [0.2, 0.25) is 0 Å². The Bertz CT molecular complexity index is 409. The molecule has 0 saturated heterocycles. The van der Waals surface area contributed by atoms with Crippen molar-refractivity contribution in [1.82, 2.24) is 4.98 Å². The number of aryl methyl sites for hydroxylation is 1. The molecule has 1 aliphatic heterocycles. The van der Waals surface area contributed by atoms with Crippen LogP contribution in [0.1, 0.15) is 44.4 Å². The minimum absolute atomic E-state index is 0.217. The third-order valence-electron chi connectivity index (χ3n) is 2.89. The number of rotatable bonds is 3. The fourth-order valence-electron chi connectivity index (χ4n) is 2.15. The van der Waals surface area contributed by atoms with Crippen molar-refractivity contribution in [3.63, 3.8) is 0 Å². The zero-order valence-electron chi connectivity index (χ0n) is 10.3. The van der Waals surface area contributed by atoms with Gasteiger partial charge in [0.1, 0.15) is 6.10 Å². The monoisotopic (exact) mass is 217 g/mol. The van der Waals surface area contributed by atoms with Crippen molar-refractivity contribution in [1.29, 1.82) is 0 Å². The van der Waals surface area contributed by atoms with Gasteiger partial charge < -0.3 is 4.74 Å². The molecule has 1 atom stereocenters. The molecule has 1 unspecified atom stereocenters. The molecule has 2 rings (SSSR count). The Balaban J connectivity index is 2.37. The van der Waals surface area contributed by atoms with Crippen molar-refractivity contribution >= 4 is 5.57 Å². The quantitative estimate of drug-likeness (QED) is 0.769. The Labute approximate surface area is 97.4 Å². The maximum absolute atomic E-state index is 5.91. The lowest BCUT2D eigenvalue weighted by atomic mass is 10.00. The SMILES string of the molecule is CC/C=C1/c2ccc(C)nc2OC1CCC. The van der Waals surface area contributed by atoms with Gasteiger partial charge in [-0.3, -0.25) is 0 Å². The molecular weight excluding hydrogens is 198 g/mol. The van der Waals surface area contributed by atoms with Gasteiger partial charge in [-0.25, -0.2) is 4.98 Å². The number of allylic oxidation sites excluding steroid dienone is 1. The Morgan fingerprint density at radius 2 is 2.19 bits per heavy atom. The largest absolute Gasteiger partial charge is 0.469 e. The Morgan fingerprint density at radius 1 is 1.38 bits per heavy atom. The summed E-state index contributed by atoms with van der Waals surface area (Å²) < 4.78 is 5.91. The van der Waals surface area contributed by atoms with Crippen molar-refractivity contribution in [2.75, 3.05) is 0 Å². The van der Waals surface area contributed by atoms with Crippen LogP contribution in [0.3, 0.4) is 0 Å². The second-order valence-corrected chi connectivity index (χ2v) is 4.27. The highest BCUT2D eigenvalue weighted by atomic mass is 16.5. The summed E-state index contributed by atoms with van der Waals surface area (Å²) in [5.74, 6) is 0.818. The molecule has 0 bridgehead atoms. The van der Waals surface area contributed by atoms with Crippen molar-refractivity contribution in [2.24, 2.45) is 0 Å². The van der Waals surface area contributed by atoms with Gasteiger partial charge in [-0.2, -0.15) is 0 Å². The lowest BCUT2D eigenvalue weighted by Gasteiger charge is -2.10. The molecule has 2 nitrogen and oxygen atoms in total. The van der Waals surface area contributed by atoms with E-state index < -0.39 is 0 Å². The number of hydrogen-bond donors (Lipinski definition) is 0. The molecule has 86 valence electrons. The lowest BCUT2D eigenvalue weighted by molar-refractivity contribution is 0.254. The molecule has 16 heavy (non-hydrogen) atoms. The molecule has 0 saturated carbocycles. The van der Waals surface area contributed by atoms with Crippen LogP contribution in [-0.4, -0.2) is 11.1 Å². The first-order chi connectivity index (χ1) is 7.76. The third kappa shape index (κ3) is 1.97. The first-order valence-corrected chi connectivity index (χ1v) is 6.11. The number of nitrogens with zero attached hydrogens (tertiary/aromatic N) is 1. The molecule has 1 aromatic heterocycles. The average Bonchev–Trinajstić information content (AvgIpc) is 2.57. The summed E-state index contributed by atoms with van der Waals surface area (Å²) in [7, 11) is 0. The first kappa shape index (κ1) is 11.2. The summed E-state index contributed by atoms with van der Waals surface area (Å²) in [5.41, 5.74) is 3.53. The topological polar surface area (TPSA) is 22.1 Å². The zero-order chi connectivity index (χ0) is 11.5. The summed E-state index contributed by atoms with van der Waals surface area (Å²) in [6.45, 7) is 6.35. The van der Waals surface area contributed by atoms with E-state index in [1.54, 1.807) is 0 Å². The molecule has 0 radical (unpaired) electrons. The second-order valence-electron chi connectivity index (χ2n) is 4.27. The van der Waals surface area contributed by atoms with Crippen LogP contribution in [0.5, 0.6) is 5.88 Å². The fraction of sp³-hybridized carbons (Fsp3) is 0.500. The average molecular weight is 217 g/mol. The molecular formula is C14H19NO. The maximum Gasteiger partial charge on any atom is 0.221 e. The van der Waals surface area contributed by atoms with Crippen molar-refractivity contribution in [3.05, 3.63) is 29.5 Å². The lowest BCUT2D eigenvalue weighted by Crippen LogP contribution is -2.11. The van der Waals surface area contributed by atoms with E-state index in [0.717, 1.165) is 30.8 Å². The van der Waals surface area contributed by atoms with E-state index in [-0.39, 0.29) is 6.10 Å². The number of ether oxygens (including phenoxy) is 1. The summed E-state index contributed by atoms with van der Waals surface area (Å²) >= 11 is 0. The van der Waals surface area contributed by atoms with Gasteiger partial charge >= 0.3 is 0 Å². The molecule has 2 heterocycles. The smallest absolute Gasteiger partial charge is 0.221 e. The predicted molar refractivity (Wildman–Crippen MR) is 66.6 cm³/mol. The normalized spacial score (nSPS) is 20.9. The molecule has 1 aromatic rings. The Morgan fingerprint density at radius 3 is 2.88 bits per heavy atom. The van der Waals surface area contributed by atoms with E-state index >= 15 is 0 Å². The van der Waals surface area contributed by atoms with Gasteiger partial charge in [0.15, 0.2) is 0 Å². The van der Waals surface area contributed by atoms with E-state index in [1.165, 1.54) is 11.1 Å². The molecule has 0 aromatic carbocycles. The van der Waals surface area contributed by atoms with Crippen molar-refractivity contribution < 1.29 is 4.74 Å². The van der Waals surface area contributed by atoms with Crippen LogP contribution < -0.4 is 4.74 Å². The highest BCUT2D eigenvalue weighted by Gasteiger charge is 2.28. The molecule has 1 aliphatic rings. The Hall–Kier alpha value is -1.31. The summed E-state index contributed by atoms with van der Waals surface area (Å²) in [6, 6.07) is 4.19. The maximum atomic E-state index is 5.91. The van der Waals surface area contributed by atoms with Gasteiger partial charge in [0.25, 0.3) is 0 Å². The van der Waals surface area contributed by atoms with Crippen LogP contribution in [0.25, 0.3) is 5.57 Å². The van der Waals surface area contributed by atoms with E-state index in [0.29, 0.717) is 0 Å². The third-order valence-corrected chi connectivity index (χ3v) is 2.89. The highest BCUT2D eigenvalue weighted by molar-refractivity contribution is 5.75. The van der Waals surface area contributed by atoms with Gasteiger partial charge in [-0.05, 0) is 31.9 Å². The standard InChI is InChI=1S/C14H19NO/c1-4-6-11-12-9-8-10(3)15-14(12)16-13(11)7-5-2/h6,8-9,13H,4-5,7H2,1-3H3/b11-6-. The van der Waals surface area contributed by atoms with Gasteiger partial charge in [0, 0.05) is 16.8 Å². The molecule has 0 N–H and O–H groups in total. The van der Waals surface area contributed by atoms with Gasteiger partial charge in [0.05, 0.1) is 0 Å². The van der Waals surface area contributed by atoms with E-state index in [4.69, 9.17) is 4.74 Å². The molecule has 2 heteroatoms. The van der Waals surface area contributed by atoms with E-state index in [2.05, 4.69) is 37.0 Å². The number of aromatic nitrogens is 1. The molecule has 0 spiro atoms. The van der Waals surface area contributed by atoms with Crippen LogP contribution in [0, 0.1) is 6.92 Å². The summed E-state index contributed by atoms with van der Waals surface area (Å²) in [6.07, 6.45) is 5.74. The van der Waals surface area contributed by atoms with Crippen LogP contribution in [0.15, 0.2) is 18.2 Å². The minimum Gasteiger partial charge on any atom is -0.469 e. The van der Waals surface area contributed by atoms with Gasteiger partial charge in [-0.1, -0.05) is 26.3 Å². The fourth-order valence-corrected chi connectivity index (χ4v) is 2.15. The van der Waals surface area contributed by atoms with Gasteiger partial charge in [-0.15, -0.1) is 0 Å². The first-order valence-electron chi connectivity index (χ1n) is 6.11. The summed E-state index contributed by atoms with van der Waals surface area (Å²) in [4.78, 5) is 4.46. The molecule has 0 aliphatic carbocycles. The van der Waals surface area contributed by atoms with Crippen molar-refractivity contribution in [2.45, 2.75) is 46.1 Å². The van der Waals surface area contributed by atoms with E-state index in [9.17, 15) is 0 Å². The predicted octanol–water partition coefficient (Wildman–Crippen LogP) is 3.74. The van der Waals surface area contributed by atoms with Crippen LogP contribution >= 0.6 is 0 Å². The minimum atomic E-state index is 0.217. The van der Waals surface area contributed by atoms with Crippen LogP contribution in [0.4, 0.5) is 0 Å². The number of fused-ring (bicyclic) bond motifs is 1. The van der Waals surface area contributed by atoms with E-state index in [1.807, 2.05) is 6.92 Å². The number of pyridine rings is 1. The zero-order valence-corrected chi connectivity index (χ0v) is 10.3. The molecule has 0 fully saturated rings. The summed E-state index contributed by atoms with van der Waals surface area (Å²) in [5, 5.41) is 0. The second kappa shape index (κ2) is 4.69. The Kier molecular flexibility index (Phi) is 3.28. The van der Waals surface area contributed by atoms with Gasteiger partial charge in [0.2, 0.25) is 5.88 Å².